The molecule has 21 heavy (non-hydrogen) atoms. The summed E-state index contributed by atoms with van der Waals surface area (Å²) >= 11 is 5.89. The van der Waals surface area contributed by atoms with E-state index in [1.54, 1.807) is 0 Å². The predicted octanol–water partition coefficient (Wildman–Crippen LogP) is 2.95. The van der Waals surface area contributed by atoms with E-state index in [4.69, 9.17) is 27.0 Å². The van der Waals surface area contributed by atoms with Crippen molar-refractivity contribution >= 4 is 37.2 Å². The zero-order valence-electron chi connectivity index (χ0n) is 11.4. The predicted molar refractivity (Wildman–Crippen MR) is 80.8 cm³/mol. The zero-order valence-corrected chi connectivity index (χ0v) is 13.7. The lowest BCUT2D eigenvalue weighted by Gasteiger charge is -2.15. The number of halogens is 2. The van der Waals surface area contributed by atoms with Crippen molar-refractivity contribution in [2.75, 3.05) is 7.11 Å². The highest BCUT2D eigenvalue weighted by atomic mass is 35.7. The lowest BCUT2D eigenvalue weighted by atomic mass is 10.1. The molecule has 1 amide bonds. The van der Waals surface area contributed by atoms with E-state index < -0.39 is 15.0 Å². The number of hydrogen-bond donors (Lipinski definition) is 1. The summed E-state index contributed by atoms with van der Waals surface area (Å²) in [6, 6.07) is 2.63. The van der Waals surface area contributed by atoms with Gasteiger partial charge < -0.3 is 10.1 Å². The average molecular weight is 352 g/mol. The van der Waals surface area contributed by atoms with E-state index in [0.717, 1.165) is 31.7 Å². The number of ether oxygens (including phenoxy) is 1. The summed E-state index contributed by atoms with van der Waals surface area (Å²) in [5.41, 5.74) is 0.0659. The van der Waals surface area contributed by atoms with Crippen LogP contribution in [0.2, 0.25) is 5.02 Å². The van der Waals surface area contributed by atoms with E-state index in [2.05, 4.69) is 5.32 Å². The number of rotatable bonds is 4. The minimum atomic E-state index is -4.07. The molecule has 0 saturated heterocycles. The molecule has 1 aliphatic carbocycles. The average Bonchev–Trinajstić information content (AvgIpc) is 2.89. The molecule has 1 aromatic carbocycles. The Kier molecular flexibility index (Phi) is 5.01. The van der Waals surface area contributed by atoms with Crippen molar-refractivity contribution < 1.29 is 17.9 Å². The van der Waals surface area contributed by atoms with Crippen molar-refractivity contribution in [1.82, 2.24) is 5.32 Å². The second-order valence-corrected chi connectivity index (χ2v) is 7.85. The van der Waals surface area contributed by atoms with Gasteiger partial charge in [-0.3, -0.25) is 4.79 Å². The van der Waals surface area contributed by atoms with Gasteiger partial charge in [0.25, 0.3) is 15.0 Å². The van der Waals surface area contributed by atoms with Crippen LogP contribution in [0.5, 0.6) is 5.75 Å². The molecule has 116 valence electrons. The van der Waals surface area contributed by atoms with Gasteiger partial charge in [0.1, 0.15) is 4.90 Å². The van der Waals surface area contributed by atoms with E-state index in [1.165, 1.54) is 13.2 Å². The van der Waals surface area contributed by atoms with E-state index in [0.29, 0.717) is 0 Å². The van der Waals surface area contributed by atoms with Crippen molar-refractivity contribution in [3.05, 3.63) is 22.7 Å². The number of carbonyl (C=O) groups excluding carboxylic acids is 1. The molecule has 2 rings (SSSR count). The van der Waals surface area contributed by atoms with Crippen LogP contribution in [0.15, 0.2) is 17.0 Å². The summed E-state index contributed by atoms with van der Waals surface area (Å²) in [5, 5.41) is 2.96. The highest BCUT2D eigenvalue weighted by Crippen LogP contribution is 2.34. The molecule has 5 nitrogen and oxygen atoms in total. The third-order valence-electron chi connectivity index (χ3n) is 3.42. The zero-order chi connectivity index (χ0) is 15.6. The number of carbonyl (C=O) groups is 1. The summed E-state index contributed by atoms with van der Waals surface area (Å²) in [4.78, 5) is 12.0. The van der Waals surface area contributed by atoms with Crippen molar-refractivity contribution in [3.63, 3.8) is 0 Å². The molecule has 1 saturated carbocycles. The third kappa shape index (κ3) is 3.81. The maximum Gasteiger partial charge on any atom is 0.265 e. The van der Waals surface area contributed by atoms with Crippen LogP contribution in [0.4, 0.5) is 0 Å². The molecule has 0 bridgehead atoms. The second kappa shape index (κ2) is 6.42. The van der Waals surface area contributed by atoms with Gasteiger partial charge in [-0.1, -0.05) is 24.4 Å². The standard InChI is InChI=1S/C13H15Cl2NO4S/c1-20-12-10(13(17)16-9-4-2-3-5-9)6-8(14)7-11(12)21(15,18)19/h6-7,9H,2-5H2,1H3,(H,16,17). The summed E-state index contributed by atoms with van der Waals surface area (Å²) < 4.78 is 28.2. The third-order valence-corrected chi connectivity index (χ3v) is 4.97. The number of benzene rings is 1. The quantitative estimate of drug-likeness (QED) is 0.846. The van der Waals surface area contributed by atoms with E-state index in [-0.39, 0.29) is 27.3 Å². The van der Waals surface area contributed by atoms with Crippen LogP contribution in [0.25, 0.3) is 0 Å². The van der Waals surface area contributed by atoms with Crippen molar-refractivity contribution in [2.24, 2.45) is 0 Å². The monoisotopic (exact) mass is 351 g/mol. The van der Waals surface area contributed by atoms with Gasteiger partial charge in [-0.2, -0.15) is 0 Å². The summed E-state index contributed by atoms with van der Waals surface area (Å²) in [6.07, 6.45) is 3.96. The highest BCUT2D eigenvalue weighted by Gasteiger charge is 2.26. The number of methoxy groups -OCH3 is 1. The Labute approximate surface area is 133 Å². The Bertz CT molecular complexity index is 654. The lowest BCUT2D eigenvalue weighted by Crippen LogP contribution is -2.33. The SMILES string of the molecule is COc1c(C(=O)NC2CCCC2)cc(Cl)cc1S(=O)(=O)Cl. The van der Waals surface area contributed by atoms with Crippen molar-refractivity contribution in [3.8, 4) is 5.75 Å². The van der Waals surface area contributed by atoms with Gasteiger partial charge >= 0.3 is 0 Å². The van der Waals surface area contributed by atoms with E-state index in [1.807, 2.05) is 0 Å². The summed E-state index contributed by atoms with van der Waals surface area (Å²) in [5.74, 6) is -0.507. The molecule has 8 heteroatoms. The Morgan fingerprint density at radius 2 is 1.95 bits per heavy atom. The Morgan fingerprint density at radius 3 is 2.48 bits per heavy atom. The van der Waals surface area contributed by atoms with E-state index >= 15 is 0 Å². The fraction of sp³-hybridized carbons (Fsp3) is 0.462. The molecule has 0 radical (unpaired) electrons. The van der Waals surface area contributed by atoms with Crippen LogP contribution < -0.4 is 10.1 Å². The Balaban J connectivity index is 2.42. The molecular formula is C13H15Cl2NO4S. The number of hydrogen-bond acceptors (Lipinski definition) is 4. The first-order valence-electron chi connectivity index (χ1n) is 6.46. The fourth-order valence-electron chi connectivity index (χ4n) is 2.46. The normalized spacial score (nSPS) is 16.0. The molecule has 0 aliphatic heterocycles. The molecule has 1 aliphatic rings. The van der Waals surface area contributed by atoms with Gasteiger partial charge in [0, 0.05) is 21.7 Å². The van der Waals surface area contributed by atoms with Crippen molar-refractivity contribution in [2.45, 2.75) is 36.6 Å². The molecule has 0 aromatic heterocycles. The van der Waals surface area contributed by atoms with Gasteiger partial charge in [0.2, 0.25) is 0 Å². The number of nitrogens with one attached hydrogen (secondary N) is 1. The van der Waals surface area contributed by atoms with Crippen LogP contribution >= 0.6 is 22.3 Å². The molecular weight excluding hydrogens is 337 g/mol. The van der Waals surface area contributed by atoms with Gasteiger partial charge in [0.15, 0.2) is 5.75 Å². The summed E-state index contributed by atoms with van der Waals surface area (Å²) in [6.45, 7) is 0. The number of amides is 1. The molecule has 1 aromatic rings. The van der Waals surface area contributed by atoms with Crippen LogP contribution in [0, 0.1) is 0 Å². The van der Waals surface area contributed by atoms with Gasteiger partial charge in [-0.15, -0.1) is 0 Å². The molecule has 0 heterocycles. The molecule has 0 unspecified atom stereocenters. The largest absolute Gasteiger partial charge is 0.494 e. The molecule has 1 fully saturated rings. The van der Waals surface area contributed by atoms with Gasteiger partial charge in [-0.05, 0) is 25.0 Å². The lowest BCUT2D eigenvalue weighted by molar-refractivity contribution is 0.0934. The highest BCUT2D eigenvalue weighted by molar-refractivity contribution is 8.13. The first-order valence-corrected chi connectivity index (χ1v) is 9.14. The van der Waals surface area contributed by atoms with Crippen LogP contribution in [-0.4, -0.2) is 27.5 Å². The first kappa shape index (κ1) is 16.4. The Hall–Kier alpha value is -0.980. The van der Waals surface area contributed by atoms with E-state index in [9.17, 15) is 13.2 Å². The maximum atomic E-state index is 12.3. The topological polar surface area (TPSA) is 72.5 Å². The minimum absolute atomic E-state index is 0.0659. The van der Waals surface area contributed by atoms with Gasteiger partial charge in [-0.25, -0.2) is 8.42 Å². The first-order chi connectivity index (χ1) is 9.82. The smallest absolute Gasteiger partial charge is 0.265 e. The van der Waals surface area contributed by atoms with Gasteiger partial charge in [0.05, 0.1) is 12.7 Å². The minimum Gasteiger partial charge on any atom is -0.494 e. The summed E-state index contributed by atoms with van der Waals surface area (Å²) in [7, 11) is 2.57. The Morgan fingerprint density at radius 1 is 1.33 bits per heavy atom. The van der Waals surface area contributed by atoms with Crippen LogP contribution in [-0.2, 0) is 9.05 Å². The molecule has 1 N–H and O–H groups in total. The van der Waals surface area contributed by atoms with Crippen LogP contribution in [0.1, 0.15) is 36.0 Å². The fourth-order valence-corrected chi connectivity index (χ4v) is 3.77. The second-order valence-electron chi connectivity index (χ2n) is 4.88. The van der Waals surface area contributed by atoms with Crippen molar-refractivity contribution in [1.29, 1.82) is 0 Å². The van der Waals surface area contributed by atoms with Crippen LogP contribution in [0.3, 0.4) is 0 Å². The molecule has 0 spiro atoms. The maximum absolute atomic E-state index is 12.3. The molecule has 0 atom stereocenters.